The summed E-state index contributed by atoms with van der Waals surface area (Å²) >= 11 is 0. The molecule has 1 N–H and O–H groups in total. The topological polar surface area (TPSA) is 53.4 Å². The zero-order valence-electron chi connectivity index (χ0n) is 11.7. The highest BCUT2D eigenvalue weighted by molar-refractivity contribution is 5.69. The second-order valence-corrected chi connectivity index (χ2v) is 5.61. The van der Waals surface area contributed by atoms with Gasteiger partial charge in [0.05, 0.1) is 12.0 Å². The lowest BCUT2D eigenvalue weighted by Gasteiger charge is -2.44. The smallest absolute Gasteiger partial charge is 0.305 e. The Labute approximate surface area is 114 Å². The minimum atomic E-state index is -0.721. The first-order chi connectivity index (χ1) is 9.03. The molecule has 0 atom stereocenters. The highest BCUT2D eigenvalue weighted by Crippen LogP contribution is 2.37. The molecule has 0 aliphatic heterocycles. The fourth-order valence-corrected chi connectivity index (χ4v) is 3.02. The van der Waals surface area contributed by atoms with E-state index < -0.39 is 5.97 Å². The van der Waals surface area contributed by atoms with Gasteiger partial charge in [0.1, 0.15) is 5.82 Å². The molecule has 1 saturated carbocycles. The van der Waals surface area contributed by atoms with E-state index in [2.05, 4.69) is 9.88 Å². The summed E-state index contributed by atoms with van der Waals surface area (Å²) in [5.74, 6) is 0.148. The zero-order valence-corrected chi connectivity index (χ0v) is 11.7. The number of carbonyl (C=O) groups is 1. The number of rotatable bonds is 4. The van der Waals surface area contributed by atoms with Gasteiger partial charge >= 0.3 is 5.97 Å². The second kappa shape index (κ2) is 5.59. The molecular weight excluding hydrogens is 240 g/mol. The number of hydrogen-bond acceptors (Lipinski definition) is 3. The number of anilines is 1. The maximum absolute atomic E-state index is 11.2. The van der Waals surface area contributed by atoms with Crippen LogP contribution in [0.3, 0.4) is 0 Å². The lowest BCUT2D eigenvalue weighted by Crippen LogP contribution is -2.50. The highest BCUT2D eigenvalue weighted by atomic mass is 16.4. The average Bonchev–Trinajstić information content (AvgIpc) is 2.39. The predicted molar refractivity (Wildman–Crippen MR) is 75.4 cm³/mol. The maximum atomic E-state index is 11.2. The summed E-state index contributed by atoms with van der Waals surface area (Å²) in [7, 11) is 1.98. The van der Waals surface area contributed by atoms with E-state index in [9.17, 15) is 9.90 Å². The Bertz CT molecular complexity index is 436. The lowest BCUT2D eigenvalue weighted by atomic mass is 9.78. The van der Waals surface area contributed by atoms with Crippen molar-refractivity contribution in [3.8, 4) is 0 Å². The van der Waals surface area contributed by atoms with Gasteiger partial charge < -0.3 is 10.0 Å². The Balaban J connectivity index is 2.26. The van der Waals surface area contributed by atoms with Crippen LogP contribution in [-0.2, 0) is 4.79 Å². The van der Waals surface area contributed by atoms with Crippen LogP contribution in [0.5, 0.6) is 0 Å². The van der Waals surface area contributed by atoms with E-state index >= 15 is 0 Å². The molecule has 4 nitrogen and oxygen atoms in total. The van der Waals surface area contributed by atoms with Crippen LogP contribution < -0.4 is 4.90 Å². The van der Waals surface area contributed by atoms with Crippen molar-refractivity contribution < 1.29 is 9.90 Å². The van der Waals surface area contributed by atoms with Gasteiger partial charge in [-0.3, -0.25) is 4.79 Å². The van der Waals surface area contributed by atoms with Crippen LogP contribution in [-0.4, -0.2) is 28.6 Å². The Hall–Kier alpha value is -1.58. The molecule has 0 aromatic carbocycles. The van der Waals surface area contributed by atoms with Gasteiger partial charge in [-0.15, -0.1) is 0 Å². The van der Waals surface area contributed by atoms with Crippen molar-refractivity contribution in [3.63, 3.8) is 0 Å². The van der Waals surface area contributed by atoms with Crippen LogP contribution in [0.15, 0.2) is 18.3 Å². The standard InChI is InChI=1S/C15H22N2O2/c1-12-6-7-13(16-11-12)17(2)15(10-14(18)19)8-4-3-5-9-15/h6-7,11H,3-5,8-10H2,1-2H3,(H,18,19). The van der Waals surface area contributed by atoms with Crippen molar-refractivity contribution in [2.24, 2.45) is 0 Å². The highest BCUT2D eigenvalue weighted by Gasteiger charge is 2.38. The van der Waals surface area contributed by atoms with E-state index in [1.165, 1.54) is 6.42 Å². The zero-order chi connectivity index (χ0) is 13.9. The van der Waals surface area contributed by atoms with Crippen molar-refractivity contribution in [1.82, 2.24) is 4.98 Å². The minimum absolute atomic E-state index is 0.194. The predicted octanol–water partition coefficient (Wildman–Crippen LogP) is 3.00. The Morgan fingerprint density at radius 2 is 2.05 bits per heavy atom. The van der Waals surface area contributed by atoms with Gasteiger partial charge in [-0.25, -0.2) is 4.98 Å². The number of aliphatic carboxylic acids is 1. The molecule has 0 amide bonds. The van der Waals surface area contributed by atoms with Crippen LogP contribution in [0.25, 0.3) is 0 Å². The summed E-state index contributed by atoms with van der Waals surface area (Å²) in [6.45, 7) is 2.00. The number of pyridine rings is 1. The number of aromatic nitrogens is 1. The van der Waals surface area contributed by atoms with Gasteiger partial charge in [-0.1, -0.05) is 25.3 Å². The van der Waals surface area contributed by atoms with Crippen molar-refractivity contribution in [2.75, 3.05) is 11.9 Å². The SMILES string of the molecule is Cc1ccc(N(C)C2(CC(=O)O)CCCCC2)nc1. The largest absolute Gasteiger partial charge is 0.481 e. The summed E-state index contributed by atoms with van der Waals surface area (Å²) in [6.07, 6.45) is 7.31. The fraction of sp³-hybridized carbons (Fsp3) is 0.600. The van der Waals surface area contributed by atoms with E-state index in [-0.39, 0.29) is 12.0 Å². The van der Waals surface area contributed by atoms with Gasteiger partial charge in [0.15, 0.2) is 0 Å². The molecule has 4 heteroatoms. The molecule has 0 bridgehead atoms. The molecule has 0 unspecified atom stereocenters. The first-order valence-corrected chi connectivity index (χ1v) is 6.92. The quantitative estimate of drug-likeness (QED) is 0.906. The van der Waals surface area contributed by atoms with Crippen molar-refractivity contribution in [3.05, 3.63) is 23.9 Å². The second-order valence-electron chi connectivity index (χ2n) is 5.61. The molecule has 0 radical (unpaired) electrons. The van der Waals surface area contributed by atoms with Gasteiger partial charge in [-0.2, -0.15) is 0 Å². The van der Waals surface area contributed by atoms with Crippen LogP contribution in [0.1, 0.15) is 44.1 Å². The molecule has 2 rings (SSSR count). The van der Waals surface area contributed by atoms with Crippen molar-refractivity contribution >= 4 is 11.8 Å². The summed E-state index contributed by atoms with van der Waals surface area (Å²) in [5, 5.41) is 9.22. The van der Waals surface area contributed by atoms with E-state index in [1.807, 2.05) is 32.3 Å². The maximum Gasteiger partial charge on any atom is 0.305 e. The summed E-state index contributed by atoms with van der Waals surface area (Å²) in [5.41, 5.74) is 0.847. The normalized spacial score (nSPS) is 18.0. The van der Waals surface area contributed by atoms with E-state index in [0.29, 0.717) is 0 Å². The average molecular weight is 262 g/mol. The molecule has 1 fully saturated rings. The van der Waals surface area contributed by atoms with Gasteiger partial charge in [0.2, 0.25) is 0 Å². The van der Waals surface area contributed by atoms with Crippen LogP contribution >= 0.6 is 0 Å². The van der Waals surface area contributed by atoms with E-state index in [4.69, 9.17) is 0 Å². The van der Waals surface area contributed by atoms with Gasteiger partial charge in [0, 0.05) is 13.2 Å². The fourth-order valence-electron chi connectivity index (χ4n) is 3.02. The number of aryl methyl sites for hydroxylation is 1. The Morgan fingerprint density at radius 3 is 2.58 bits per heavy atom. The third-order valence-corrected chi connectivity index (χ3v) is 4.22. The van der Waals surface area contributed by atoms with Crippen LogP contribution in [0, 0.1) is 6.92 Å². The number of carboxylic acid groups (broad SMARTS) is 1. The minimum Gasteiger partial charge on any atom is -0.481 e. The molecular formula is C15H22N2O2. The number of nitrogens with zero attached hydrogens (tertiary/aromatic N) is 2. The molecule has 104 valence electrons. The lowest BCUT2D eigenvalue weighted by molar-refractivity contribution is -0.138. The van der Waals surface area contributed by atoms with Crippen LogP contribution in [0.2, 0.25) is 0 Å². The van der Waals surface area contributed by atoms with E-state index in [1.54, 1.807) is 0 Å². The molecule has 1 aromatic heterocycles. The van der Waals surface area contributed by atoms with Crippen LogP contribution in [0.4, 0.5) is 5.82 Å². The summed E-state index contributed by atoms with van der Waals surface area (Å²) < 4.78 is 0. The van der Waals surface area contributed by atoms with Crippen molar-refractivity contribution in [1.29, 1.82) is 0 Å². The molecule has 0 saturated heterocycles. The number of hydrogen-bond donors (Lipinski definition) is 1. The number of carboxylic acids is 1. The van der Waals surface area contributed by atoms with Crippen molar-refractivity contribution in [2.45, 2.75) is 51.0 Å². The first kappa shape index (κ1) is 13.8. The third-order valence-electron chi connectivity index (χ3n) is 4.22. The monoisotopic (exact) mass is 262 g/mol. The third kappa shape index (κ3) is 3.06. The summed E-state index contributed by atoms with van der Waals surface area (Å²) in [6, 6.07) is 4.00. The van der Waals surface area contributed by atoms with Gasteiger partial charge in [-0.05, 0) is 31.4 Å². The Morgan fingerprint density at radius 1 is 1.37 bits per heavy atom. The Kier molecular flexibility index (Phi) is 4.08. The molecule has 1 aromatic rings. The molecule has 1 heterocycles. The molecule has 19 heavy (non-hydrogen) atoms. The van der Waals surface area contributed by atoms with Gasteiger partial charge in [0.25, 0.3) is 0 Å². The molecule has 1 aliphatic carbocycles. The summed E-state index contributed by atoms with van der Waals surface area (Å²) in [4.78, 5) is 17.7. The van der Waals surface area contributed by atoms with E-state index in [0.717, 1.165) is 37.1 Å². The molecule has 1 aliphatic rings. The molecule has 0 spiro atoms. The first-order valence-electron chi connectivity index (χ1n) is 6.92.